The molecule has 1 amide bonds. The van der Waals surface area contributed by atoms with Gasteiger partial charge in [-0.25, -0.2) is 0 Å². The van der Waals surface area contributed by atoms with E-state index in [4.69, 9.17) is 0 Å². The summed E-state index contributed by atoms with van der Waals surface area (Å²) in [7, 11) is 4.02. The van der Waals surface area contributed by atoms with Gasteiger partial charge >= 0.3 is 0 Å². The van der Waals surface area contributed by atoms with Gasteiger partial charge in [0.15, 0.2) is 5.96 Å². The van der Waals surface area contributed by atoms with Crippen molar-refractivity contribution in [2.24, 2.45) is 4.99 Å². The Labute approximate surface area is 198 Å². The molecule has 168 valence electrons. The molecule has 1 aliphatic carbocycles. The Bertz CT molecular complexity index is 687. The summed E-state index contributed by atoms with van der Waals surface area (Å²) < 4.78 is 0. The smallest absolute Gasteiger partial charge is 0.222 e. The molecule has 0 aromatic heterocycles. The minimum atomic E-state index is 0. The van der Waals surface area contributed by atoms with Gasteiger partial charge in [0.05, 0.1) is 0 Å². The van der Waals surface area contributed by atoms with Crippen molar-refractivity contribution in [1.82, 2.24) is 15.5 Å². The number of halogens is 1. The Balaban J connectivity index is 0.00000320. The van der Waals surface area contributed by atoms with Crippen LogP contribution in [0.25, 0.3) is 0 Å². The Morgan fingerprint density at radius 3 is 2.50 bits per heavy atom. The molecule has 0 spiro atoms. The summed E-state index contributed by atoms with van der Waals surface area (Å²) in [4.78, 5) is 20.6. The van der Waals surface area contributed by atoms with Crippen molar-refractivity contribution in [1.29, 1.82) is 0 Å². The van der Waals surface area contributed by atoms with Crippen molar-refractivity contribution in [3.05, 3.63) is 29.8 Å². The van der Waals surface area contributed by atoms with E-state index in [-0.39, 0.29) is 35.9 Å². The molecule has 2 N–H and O–H groups in total. The van der Waals surface area contributed by atoms with Gasteiger partial charge in [-0.1, -0.05) is 38.3 Å². The Morgan fingerprint density at radius 2 is 1.87 bits per heavy atom. The summed E-state index contributed by atoms with van der Waals surface area (Å²) in [5, 5.41) is 6.86. The lowest BCUT2D eigenvalue weighted by Gasteiger charge is -2.33. The van der Waals surface area contributed by atoms with Crippen molar-refractivity contribution in [3.8, 4) is 0 Å². The van der Waals surface area contributed by atoms with E-state index in [1.807, 2.05) is 11.8 Å². The fourth-order valence-electron chi connectivity index (χ4n) is 4.43. The molecule has 2 fully saturated rings. The number of likely N-dealkylation sites (tertiary alicyclic amines) is 1. The summed E-state index contributed by atoms with van der Waals surface area (Å²) in [6, 6.07) is 9.81. The topological polar surface area (TPSA) is 60.0 Å². The highest BCUT2D eigenvalue weighted by Gasteiger charge is 2.25. The van der Waals surface area contributed by atoms with E-state index in [9.17, 15) is 4.79 Å². The fraction of sp³-hybridized carbons (Fsp3) is 0.652. The zero-order valence-electron chi connectivity index (χ0n) is 18.7. The molecule has 1 aliphatic heterocycles. The number of hydrogen-bond acceptors (Lipinski definition) is 3. The second-order valence-electron chi connectivity index (χ2n) is 8.32. The number of carbonyl (C=O) groups excluding carboxylic acids is 1. The molecule has 2 aliphatic rings. The molecule has 6 nitrogen and oxygen atoms in total. The Kier molecular flexibility index (Phi) is 10.2. The van der Waals surface area contributed by atoms with Crippen LogP contribution in [0.5, 0.6) is 0 Å². The lowest BCUT2D eigenvalue weighted by molar-refractivity contribution is -0.129. The van der Waals surface area contributed by atoms with Gasteiger partial charge in [-0.3, -0.25) is 9.79 Å². The van der Waals surface area contributed by atoms with Crippen molar-refractivity contribution < 1.29 is 4.79 Å². The number of benzene rings is 1. The van der Waals surface area contributed by atoms with Gasteiger partial charge in [0.2, 0.25) is 5.91 Å². The maximum atomic E-state index is 11.9. The molecular weight excluding hydrogens is 489 g/mol. The fourth-order valence-corrected chi connectivity index (χ4v) is 4.43. The van der Waals surface area contributed by atoms with Crippen LogP contribution in [-0.2, 0) is 11.3 Å². The molecule has 3 rings (SSSR count). The molecule has 1 aromatic rings. The molecule has 7 heteroatoms. The van der Waals surface area contributed by atoms with Crippen molar-refractivity contribution >= 4 is 41.5 Å². The molecule has 1 aromatic carbocycles. The van der Waals surface area contributed by atoms with Crippen LogP contribution in [0.15, 0.2) is 29.3 Å². The minimum absolute atomic E-state index is 0. The number of amides is 1. The number of hydrogen-bond donors (Lipinski definition) is 2. The maximum Gasteiger partial charge on any atom is 0.222 e. The van der Waals surface area contributed by atoms with E-state index in [2.05, 4.69) is 51.8 Å². The molecule has 1 saturated heterocycles. The average molecular weight is 527 g/mol. The van der Waals surface area contributed by atoms with Crippen LogP contribution in [0.1, 0.15) is 57.4 Å². The van der Waals surface area contributed by atoms with Gasteiger partial charge in [-0.2, -0.15) is 0 Å². The summed E-state index contributed by atoms with van der Waals surface area (Å²) >= 11 is 0. The first kappa shape index (κ1) is 24.8. The van der Waals surface area contributed by atoms with Crippen LogP contribution >= 0.6 is 24.0 Å². The third-order valence-corrected chi connectivity index (χ3v) is 6.33. The number of nitrogens with zero attached hydrogens (tertiary/aromatic N) is 3. The van der Waals surface area contributed by atoms with Crippen LogP contribution in [0, 0.1) is 0 Å². The standard InChI is InChI=1S/C23H37N5O.HI/c1-4-22(29)28-15-14-19(17-28)26-23(24-2)25-16-18-10-12-21(13-11-18)27(3)20-8-6-5-7-9-20;/h10-13,19-20H,4-9,14-17H2,1-3H3,(H2,24,25,26);1H. The largest absolute Gasteiger partial charge is 0.372 e. The summed E-state index contributed by atoms with van der Waals surface area (Å²) in [6.45, 7) is 4.24. The van der Waals surface area contributed by atoms with E-state index < -0.39 is 0 Å². The van der Waals surface area contributed by atoms with Gasteiger partial charge in [-0.05, 0) is 37.0 Å². The highest BCUT2D eigenvalue weighted by atomic mass is 127. The Morgan fingerprint density at radius 1 is 1.17 bits per heavy atom. The molecule has 1 atom stereocenters. The number of carbonyl (C=O) groups is 1. The highest BCUT2D eigenvalue weighted by Crippen LogP contribution is 2.26. The summed E-state index contributed by atoms with van der Waals surface area (Å²) in [5.41, 5.74) is 2.54. The zero-order chi connectivity index (χ0) is 20.6. The number of anilines is 1. The number of rotatable bonds is 6. The quantitative estimate of drug-likeness (QED) is 0.336. The van der Waals surface area contributed by atoms with E-state index in [0.717, 1.165) is 32.0 Å². The third-order valence-electron chi connectivity index (χ3n) is 6.33. The number of guanidine groups is 1. The van der Waals surface area contributed by atoms with E-state index >= 15 is 0 Å². The van der Waals surface area contributed by atoms with Crippen LogP contribution in [0.2, 0.25) is 0 Å². The van der Waals surface area contributed by atoms with Gasteiger partial charge in [-0.15, -0.1) is 24.0 Å². The van der Waals surface area contributed by atoms with Gasteiger partial charge in [0, 0.05) is 57.9 Å². The van der Waals surface area contributed by atoms with Gasteiger partial charge < -0.3 is 20.4 Å². The molecule has 30 heavy (non-hydrogen) atoms. The zero-order valence-corrected chi connectivity index (χ0v) is 21.0. The predicted molar refractivity (Wildman–Crippen MR) is 136 cm³/mol. The van der Waals surface area contributed by atoms with Crippen molar-refractivity contribution in [2.45, 2.75) is 70.5 Å². The molecule has 0 bridgehead atoms. The molecule has 1 heterocycles. The average Bonchev–Trinajstić information content (AvgIpc) is 3.25. The summed E-state index contributed by atoms with van der Waals surface area (Å²) in [5.74, 6) is 1.03. The number of nitrogens with one attached hydrogen (secondary N) is 2. The minimum Gasteiger partial charge on any atom is -0.372 e. The van der Waals surface area contributed by atoms with Crippen LogP contribution in [0.3, 0.4) is 0 Å². The summed E-state index contributed by atoms with van der Waals surface area (Å²) in [6.07, 6.45) is 8.26. The SMILES string of the molecule is CCC(=O)N1CCC(NC(=NC)NCc2ccc(N(C)C3CCCCC3)cc2)C1.I. The first-order valence-corrected chi connectivity index (χ1v) is 11.2. The van der Waals surface area contributed by atoms with Gasteiger partial charge in [0.1, 0.15) is 0 Å². The van der Waals surface area contributed by atoms with Crippen LogP contribution < -0.4 is 15.5 Å². The second-order valence-corrected chi connectivity index (χ2v) is 8.32. The Hall–Kier alpha value is -1.51. The molecule has 1 unspecified atom stereocenters. The molecule has 0 radical (unpaired) electrons. The van der Waals surface area contributed by atoms with E-state index in [0.29, 0.717) is 12.5 Å². The van der Waals surface area contributed by atoms with E-state index in [1.165, 1.54) is 43.4 Å². The molecule has 1 saturated carbocycles. The van der Waals surface area contributed by atoms with Crippen molar-refractivity contribution in [3.63, 3.8) is 0 Å². The van der Waals surface area contributed by atoms with Crippen LogP contribution in [-0.4, -0.2) is 56.0 Å². The third kappa shape index (κ3) is 6.75. The van der Waals surface area contributed by atoms with Gasteiger partial charge in [0.25, 0.3) is 0 Å². The first-order valence-electron chi connectivity index (χ1n) is 11.2. The molecular formula is C23H38IN5O. The lowest BCUT2D eigenvalue weighted by atomic mass is 9.94. The van der Waals surface area contributed by atoms with Crippen molar-refractivity contribution in [2.75, 3.05) is 32.1 Å². The normalized spacial score (nSPS) is 19.9. The van der Waals surface area contributed by atoms with E-state index in [1.54, 1.807) is 7.05 Å². The maximum absolute atomic E-state index is 11.9. The highest BCUT2D eigenvalue weighted by molar-refractivity contribution is 14.0. The number of aliphatic imine (C=N–C) groups is 1. The van der Waals surface area contributed by atoms with Crippen LogP contribution in [0.4, 0.5) is 5.69 Å². The lowest BCUT2D eigenvalue weighted by Crippen LogP contribution is -2.44. The monoisotopic (exact) mass is 527 g/mol. The predicted octanol–water partition coefficient (Wildman–Crippen LogP) is 3.75. The second kappa shape index (κ2) is 12.4. The first-order chi connectivity index (χ1) is 14.1.